The maximum atomic E-state index is 4.51. The molecule has 2 heteroatoms. The Labute approximate surface area is 121 Å². The summed E-state index contributed by atoms with van der Waals surface area (Å²) in [5.74, 6) is 0. The van der Waals surface area contributed by atoms with Gasteiger partial charge in [-0.3, -0.25) is 4.98 Å². The molecule has 1 aliphatic rings. The Hall–Kier alpha value is -1.41. The molecule has 0 amide bonds. The summed E-state index contributed by atoms with van der Waals surface area (Å²) in [7, 11) is 2.11. The summed E-state index contributed by atoms with van der Waals surface area (Å²) < 4.78 is 0. The van der Waals surface area contributed by atoms with E-state index in [0.29, 0.717) is 11.5 Å². The molecule has 1 aliphatic carbocycles. The van der Waals surface area contributed by atoms with Gasteiger partial charge in [0.25, 0.3) is 0 Å². The fourth-order valence-corrected chi connectivity index (χ4v) is 4.10. The third-order valence-electron chi connectivity index (χ3n) is 5.19. The van der Waals surface area contributed by atoms with Crippen molar-refractivity contribution >= 4 is 10.9 Å². The van der Waals surface area contributed by atoms with Crippen molar-refractivity contribution < 1.29 is 0 Å². The second-order valence-corrected chi connectivity index (χ2v) is 6.06. The molecule has 1 N–H and O–H groups in total. The van der Waals surface area contributed by atoms with Crippen LogP contribution < -0.4 is 5.32 Å². The molecule has 2 nitrogen and oxygen atoms in total. The average Bonchev–Trinajstić information content (AvgIpc) is 2.98. The lowest BCUT2D eigenvalue weighted by Gasteiger charge is -2.37. The van der Waals surface area contributed by atoms with E-state index >= 15 is 0 Å². The van der Waals surface area contributed by atoms with Gasteiger partial charge in [0.05, 0.1) is 5.52 Å². The zero-order valence-electron chi connectivity index (χ0n) is 12.5. The third-order valence-corrected chi connectivity index (χ3v) is 5.19. The topological polar surface area (TPSA) is 24.9 Å². The van der Waals surface area contributed by atoms with Crippen LogP contribution in [-0.4, -0.2) is 12.0 Å². The Bertz CT molecular complexity index is 579. The van der Waals surface area contributed by atoms with Gasteiger partial charge < -0.3 is 5.32 Å². The van der Waals surface area contributed by atoms with Gasteiger partial charge in [0, 0.05) is 17.6 Å². The van der Waals surface area contributed by atoms with Crippen molar-refractivity contribution in [2.45, 2.75) is 45.1 Å². The molecule has 1 saturated carbocycles. The number of aromatic nitrogens is 1. The summed E-state index contributed by atoms with van der Waals surface area (Å²) in [6, 6.07) is 11.2. The maximum Gasteiger partial charge on any atom is 0.0705 e. The van der Waals surface area contributed by atoms with Gasteiger partial charge in [0.2, 0.25) is 0 Å². The van der Waals surface area contributed by atoms with Gasteiger partial charge in [-0.25, -0.2) is 0 Å². The zero-order chi connectivity index (χ0) is 14.0. The lowest BCUT2D eigenvalue weighted by atomic mass is 9.73. The van der Waals surface area contributed by atoms with Crippen molar-refractivity contribution in [2.24, 2.45) is 5.41 Å². The fourth-order valence-electron chi connectivity index (χ4n) is 4.10. The van der Waals surface area contributed by atoms with Crippen LogP contribution in [0.15, 0.2) is 36.5 Å². The molecule has 0 spiro atoms. The highest BCUT2D eigenvalue weighted by Crippen LogP contribution is 2.50. The molecule has 20 heavy (non-hydrogen) atoms. The first-order valence-electron chi connectivity index (χ1n) is 7.81. The largest absolute Gasteiger partial charge is 0.313 e. The molecular weight excluding hydrogens is 244 g/mol. The Morgan fingerprint density at radius 2 is 2.00 bits per heavy atom. The molecule has 1 fully saturated rings. The highest BCUT2D eigenvalue weighted by molar-refractivity contribution is 5.82. The molecule has 0 aliphatic heterocycles. The Morgan fingerprint density at radius 1 is 1.20 bits per heavy atom. The molecule has 0 radical (unpaired) electrons. The van der Waals surface area contributed by atoms with E-state index in [2.05, 4.69) is 48.5 Å². The molecule has 1 aromatic carbocycles. The minimum absolute atomic E-state index is 0.416. The van der Waals surface area contributed by atoms with Crippen molar-refractivity contribution in [3.8, 4) is 0 Å². The summed E-state index contributed by atoms with van der Waals surface area (Å²) in [5, 5.41) is 4.92. The number of hydrogen-bond donors (Lipinski definition) is 1. The van der Waals surface area contributed by atoms with E-state index in [1.54, 1.807) is 0 Å². The predicted molar refractivity (Wildman–Crippen MR) is 84.7 cm³/mol. The number of nitrogens with zero attached hydrogens (tertiary/aromatic N) is 1. The van der Waals surface area contributed by atoms with Crippen LogP contribution in [-0.2, 0) is 0 Å². The van der Waals surface area contributed by atoms with Gasteiger partial charge in [-0.15, -0.1) is 0 Å². The molecule has 1 unspecified atom stereocenters. The van der Waals surface area contributed by atoms with Crippen molar-refractivity contribution in [2.75, 3.05) is 7.05 Å². The van der Waals surface area contributed by atoms with Crippen molar-refractivity contribution in [3.63, 3.8) is 0 Å². The molecule has 1 atom stereocenters. The van der Waals surface area contributed by atoms with Crippen LogP contribution in [0.5, 0.6) is 0 Å². The molecule has 0 saturated heterocycles. The summed E-state index contributed by atoms with van der Waals surface area (Å²) in [6.07, 6.45) is 8.54. The molecule has 2 aromatic rings. The van der Waals surface area contributed by atoms with E-state index in [-0.39, 0.29) is 0 Å². The number of pyridine rings is 1. The average molecular weight is 268 g/mol. The number of fused-ring (bicyclic) bond motifs is 1. The minimum atomic E-state index is 0.416. The highest BCUT2D eigenvalue weighted by Gasteiger charge is 2.40. The van der Waals surface area contributed by atoms with E-state index in [9.17, 15) is 0 Å². The van der Waals surface area contributed by atoms with Crippen molar-refractivity contribution in [1.82, 2.24) is 10.3 Å². The van der Waals surface area contributed by atoms with E-state index in [1.165, 1.54) is 43.1 Å². The first-order valence-corrected chi connectivity index (χ1v) is 7.81. The zero-order valence-corrected chi connectivity index (χ0v) is 12.5. The summed E-state index contributed by atoms with van der Waals surface area (Å²) >= 11 is 0. The van der Waals surface area contributed by atoms with Crippen LogP contribution in [0.3, 0.4) is 0 Å². The molecule has 0 bridgehead atoms. The highest BCUT2D eigenvalue weighted by atomic mass is 14.9. The molecule has 3 rings (SSSR count). The normalized spacial score (nSPS) is 19.3. The summed E-state index contributed by atoms with van der Waals surface area (Å²) in [4.78, 5) is 4.51. The maximum absolute atomic E-state index is 4.51. The second kappa shape index (κ2) is 5.53. The number of hydrogen-bond acceptors (Lipinski definition) is 2. The van der Waals surface area contributed by atoms with Crippen LogP contribution in [0.4, 0.5) is 0 Å². The Morgan fingerprint density at radius 3 is 2.70 bits per heavy atom. The third kappa shape index (κ3) is 2.12. The molecule has 106 valence electrons. The van der Waals surface area contributed by atoms with E-state index in [0.717, 1.165) is 5.52 Å². The molecule has 1 aromatic heterocycles. The lowest BCUT2D eigenvalue weighted by Crippen LogP contribution is -2.34. The molecule has 1 heterocycles. The summed E-state index contributed by atoms with van der Waals surface area (Å²) in [5.41, 5.74) is 2.94. The van der Waals surface area contributed by atoms with Crippen molar-refractivity contribution in [1.29, 1.82) is 0 Å². The van der Waals surface area contributed by atoms with E-state index in [4.69, 9.17) is 0 Å². The van der Waals surface area contributed by atoms with Crippen LogP contribution in [0.25, 0.3) is 10.9 Å². The van der Waals surface area contributed by atoms with Gasteiger partial charge in [-0.05, 0) is 49.4 Å². The first kappa shape index (κ1) is 13.6. The van der Waals surface area contributed by atoms with Gasteiger partial charge in [0.1, 0.15) is 0 Å². The van der Waals surface area contributed by atoms with Gasteiger partial charge >= 0.3 is 0 Å². The number of rotatable bonds is 4. The van der Waals surface area contributed by atoms with Gasteiger partial charge in [0.15, 0.2) is 0 Å². The quantitative estimate of drug-likeness (QED) is 0.885. The lowest BCUT2D eigenvalue weighted by molar-refractivity contribution is 0.196. The minimum Gasteiger partial charge on any atom is -0.313 e. The van der Waals surface area contributed by atoms with Crippen LogP contribution in [0, 0.1) is 5.41 Å². The first-order chi connectivity index (χ1) is 9.80. The Balaban J connectivity index is 2.12. The standard InChI is InChI=1S/C18H24N2/c1-3-18(11-4-5-12-18)17(19-2)15-8-6-10-16-14(15)9-7-13-20-16/h6-10,13,17,19H,3-5,11-12H2,1-2H3. The number of nitrogens with one attached hydrogen (secondary N) is 1. The van der Waals surface area contributed by atoms with Crippen LogP contribution >= 0.6 is 0 Å². The second-order valence-electron chi connectivity index (χ2n) is 6.06. The van der Waals surface area contributed by atoms with Crippen LogP contribution in [0.1, 0.15) is 50.6 Å². The fraction of sp³-hybridized carbons (Fsp3) is 0.500. The molecular formula is C18H24N2. The Kier molecular flexibility index (Phi) is 3.75. The monoisotopic (exact) mass is 268 g/mol. The number of benzene rings is 1. The predicted octanol–water partition coefficient (Wildman–Crippen LogP) is 4.47. The smallest absolute Gasteiger partial charge is 0.0705 e. The van der Waals surface area contributed by atoms with E-state index in [1.807, 2.05) is 12.3 Å². The van der Waals surface area contributed by atoms with Crippen molar-refractivity contribution in [3.05, 3.63) is 42.1 Å². The summed E-state index contributed by atoms with van der Waals surface area (Å²) in [6.45, 7) is 2.35. The SMILES string of the molecule is CCC1(C(NC)c2cccc3ncccc23)CCCC1. The van der Waals surface area contributed by atoms with Gasteiger partial charge in [-0.2, -0.15) is 0 Å². The van der Waals surface area contributed by atoms with Crippen LogP contribution in [0.2, 0.25) is 0 Å². The van der Waals surface area contributed by atoms with E-state index < -0.39 is 0 Å². The van der Waals surface area contributed by atoms with Gasteiger partial charge in [-0.1, -0.05) is 38.0 Å².